The Hall–Kier alpha value is -2.67. The number of hydrogen-bond acceptors (Lipinski definition) is 6. The Labute approximate surface area is 206 Å². The van der Waals surface area contributed by atoms with Gasteiger partial charge in [-0.3, -0.25) is 0 Å². The summed E-state index contributed by atoms with van der Waals surface area (Å²) in [5, 5.41) is 12.7. The fourth-order valence-corrected chi connectivity index (χ4v) is 6.49. The van der Waals surface area contributed by atoms with Gasteiger partial charge in [0.15, 0.2) is 0 Å². The second-order valence-electron chi connectivity index (χ2n) is 9.21. The number of nitrogens with one attached hydrogen (secondary N) is 1. The van der Waals surface area contributed by atoms with Crippen LogP contribution in [0.2, 0.25) is 5.32 Å². The van der Waals surface area contributed by atoms with E-state index < -0.39 is 40.8 Å². The number of esters is 2. The van der Waals surface area contributed by atoms with Gasteiger partial charge in [0.1, 0.15) is 0 Å². The molecule has 3 atom stereocenters. The number of carbonyl (C=O) groups is 3. The van der Waals surface area contributed by atoms with Gasteiger partial charge in [-0.25, -0.2) is 0 Å². The first-order valence-electron chi connectivity index (χ1n) is 11.2. The van der Waals surface area contributed by atoms with Gasteiger partial charge >= 0.3 is 206 Å². The topological polar surface area (TPSA) is 102 Å². The van der Waals surface area contributed by atoms with E-state index in [9.17, 15) is 19.5 Å². The summed E-state index contributed by atoms with van der Waals surface area (Å²) in [5.41, 5.74) is -2.09. The van der Waals surface area contributed by atoms with Crippen LogP contribution in [0.4, 0.5) is 0 Å². The Kier molecular flexibility index (Phi) is 8.52. The van der Waals surface area contributed by atoms with Crippen LogP contribution in [0.5, 0.6) is 0 Å². The zero-order chi connectivity index (χ0) is 24.8. The van der Waals surface area contributed by atoms with Crippen molar-refractivity contribution in [2.24, 2.45) is 11.8 Å². The minimum absolute atomic E-state index is 0.0404. The summed E-state index contributed by atoms with van der Waals surface area (Å²) in [7, 11) is 0. The molecule has 0 unspecified atom stereocenters. The van der Waals surface area contributed by atoms with E-state index in [0.717, 1.165) is 10.0 Å². The maximum absolute atomic E-state index is 13.6. The first-order chi connectivity index (χ1) is 16.2. The third kappa shape index (κ3) is 6.06. The van der Waals surface area contributed by atoms with Gasteiger partial charge in [-0.05, 0) is 0 Å². The monoisotopic (exact) mass is 533 g/mol. The SMILES string of the molecule is CC(C)(C)OC(=O)[C@]1(C(=O)OCc2ccccc2)NC(=O)[C@H](CCO)[C@H]1C[Se]c1ccccc1. The third-order valence-electron chi connectivity index (χ3n) is 5.57. The van der Waals surface area contributed by atoms with E-state index >= 15 is 0 Å². The summed E-state index contributed by atoms with van der Waals surface area (Å²) in [6.45, 7) is 4.84. The molecule has 8 heteroatoms. The van der Waals surface area contributed by atoms with Gasteiger partial charge in [-0.15, -0.1) is 0 Å². The van der Waals surface area contributed by atoms with Crippen molar-refractivity contribution >= 4 is 37.3 Å². The molecular formula is C26H31NO6Se. The number of rotatable bonds is 9. The van der Waals surface area contributed by atoms with Crippen LogP contribution in [0, 0.1) is 11.8 Å². The van der Waals surface area contributed by atoms with Crippen LogP contribution in [-0.4, -0.2) is 55.7 Å². The molecule has 2 N–H and O–H groups in total. The number of benzene rings is 2. The van der Waals surface area contributed by atoms with Gasteiger partial charge < -0.3 is 0 Å². The molecule has 1 heterocycles. The molecule has 0 bridgehead atoms. The van der Waals surface area contributed by atoms with E-state index in [4.69, 9.17) is 9.47 Å². The van der Waals surface area contributed by atoms with Gasteiger partial charge in [0.2, 0.25) is 0 Å². The van der Waals surface area contributed by atoms with Crippen molar-refractivity contribution in [3.63, 3.8) is 0 Å². The van der Waals surface area contributed by atoms with E-state index in [-0.39, 0.29) is 34.6 Å². The van der Waals surface area contributed by atoms with Crippen LogP contribution in [0.1, 0.15) is 32.8 Å². The molecular weight excluding hydrogens is 501 g/mol. The average Bonchev–Trinajstić information content (AvgIpc) is 3.09. The Morgan fingerprint density at radius 1 is 1.03 bits per heavy atom. The number of hydrogen-bond donors (Lipinski definition) is 2. The Morgan fingerprint density at radius 2 is 1.65 bits per heavy atom. The number of amides is 1. The summed E-state index contributed by atoms with van der Waals surface area (Å²) >= 11 is -0.126. The van der Waals surface area contributed by atoms with Crippen LogP contribution in [-0.2, 0) is 30.5 Å². The molecule has 2 aromatic rings. The first kappa shape index (κ1) is 25.9. The molecule has 0 radical (unpaired) electrons. The van der Waals surface area contributed by atoms with E-state index in [1.807, 2.05) is 60.7 Å². The van der Waals surface area contributed by atoms with Gasteiger partial charge in [0.25, 0.3) is 0 Å². The molecule has 0 aromatic heterocycles. The van der Waals surface area contributed by atoms with E-state index in [2.05, 4.69) is 5.32 Å². The molecule has 0 saturated carbocycles. The molecule has 1 fully saturated rings. The van der Waals surface area contributed by atoms with Gasteiger partial charge in [-0.2, -0.15) is 0 Å². The summed E-state index contributed by atoms with van der Waals surface area (Å²) in [6.07, 6.45) is 0.137. The Balaban J connectivity index is 1.97. The zero-order valence-corrected chi connectivity index (χ0v) is 21.4. The maximum atomic E-state index is 13.6. The van der Waals surface area contributed by atoms with Crippen LogP contribution in [0.3, 0.4) is 0 Å². The molecule has 34 heavy (non-hydrogen) atoms. The minimum atomic E-state index is -1.98. The quantitative estimate of drug-likeness (QED) is 0.291. The van der Waals surface area contributed by atoms with Crippen LogP contribution >= 0.6 is 0 Å². The standard InChI is InChI=1S/C26H31NO6Se/c1-25(2,3)33-24(31)26(23(30)32-16-18-10-6-4-7-11-18)21(20(14-15-28)22(29)27-26)17-34-19-12-8-5-9-13-19/h4-13,20-21,28H,14-17H2,1-3H3,(H,27,29)/t20-,21-,26+/m1/s1. The van der Waals surface area contributed by atoms with Crippen molar-refractivity contribution in [3.05, 3.63) is 66.2 Å². The number of aliphatic hydroxyl groups is 1. The van der Waals surface area contributed by atoms with Crippen molar-refractivity contribution in [1.29, 1.82) is 0 Å². The Bertz CT molecular complexity index is 991. The van der Waals surface area contributed by atoms with E-state index in [1.165, 1.54) is 0 Å². The average molecular weight is 532 g/mol. The molecule has 3 rings (SSSR count). The summed E-state index contributed by atoms with van der Waals surface area (Å²) < 4.78 is 12.3. The fourth-order valence-electron chi connectivity index (χ4n) is 3.96. The first-order valence-corrected chi connectivity index (χ1v) is 13.3. The predicted molar refractivity (Wildman–Crippen MR) is 128 cm³/mol. The molecule has 1 aliphatic heterocycles. The summed E-state index contributed by atoms with van der Waals surface area (Å²) in [6, 6.07) is 18.9. The molecule has 2 aromatic carbocycles. The summed E-state index contributed by atoms with van der Waals surface area (Å²) in [4.78, 5) is 40.2. The van der Waals surface area contributed by atoms with Gasteiger partial charge in [0.05, 0.1) is 0 Å². The van der Waals surface area contributed by atoms with E-state index in [0.29, 0.717) is 5.32 Å². The summed E-state index contributed by atoms with van der Waals surface area (Å²) in [5.74, 6) is -3.56. The number of carbonyl (C=O) groups excluding carboxylic acids is 3. The molecule has 1 amide bonds. The van der Waals surface area contributed by atoms with Crippen molar-refractivity contribution in [2.75, 3.05) is 6.61 Å². The van der Waals surface area contributed by atoms with Gasteiger partial charge in [0, 0.05) is 0 Å². The van der Waals surface area contributed by atoms with Crippen LogP contribution in [0.15, 0.2) is 60.7 Å². The van der Waals surface area contributed by atoms with E-state index in [1.54, 1.807) is 20.8 Å². The fraction of sp³-hybridized carbons (Fsp3) is 0.423. The van der Waals surface area contributed by atoms with Crippen molar-refractivity contribution < 1.29 is 29.0 Å². The van der Waals surface area contributed by atoms with Crippen molar-refractivity contribution in [2.45, 2.75) is 50.3 Å². The molecule has 0 spiro atoms. The van der Waals surface area contributed by atoms with Crippen molar-refractivity contribution in [1.82, 2.24) is 5.32 Å². The molecule has 0 aliphatic carbocycles. The molecule has 1 aliphatic rings. The van der Waals surface area contributed by atoms with Gasteiger partial charge in [-0.1, -0.05) is 0 Å². The van der Waals surface area contributed by atoms with Crippen molar-refractivity contribution in [3.8, 4) is 0 Å². The predicted octanol–water partition coefficient (Wildman–Crippen LogP) is 2.00. The molecule has 182 valence electrons. The molecule has 1 saturated heterocycles. The van der Waals surface area contributed by atoms with Crippen LogP contribution in [0.25, 0.3) is 0 Å². The molecule has 7 nitrogen and oxygen atoms in total. The number of ether oxygens (including phenoxy) is 2. The second-order valence-corrected chi connectivity index (χ2v) is 11.5. The Morgan fingerprint density at radius 3 is 2.24 bits per heavy atom. The second kappa shape index (κ2) is 11.2. The van der Waals surface area contributed by atoms with Crippen LogP contribution < -0.4 is 9.78 Å². The zero-order valence-electron chi connectivity index (χ0n) is 19.7. The third-order valence-corrected chi connectivity index (χ3v) is 7.94. The number of aliphatic hydroxyl groups excluding tert-OH is 1. The normalized spacial score (nSPS) is 22.2.